The Bertz CT molecular complexity index is 783. The Morgan fingerprint density at radius 1 is 1.08 bits per heavy atom. The first-order chi connectivity index (χ1) is 11.6. The van der Waals surface area contributed by atoms with E-state index in [1.165, 1.54) is 11.1 Å². The number of hydrogen-bond donors (Lipinski definition) is 0. The highest BCUT2D eigenvalue weighted by atomic mass is 16.6. The summed E-state index contributed by atoms with van der Waals surface area (Å²) < 4.78 is 6.22. The van der Waals surface area contributed by atoms with Gasteiger partial charge in [0.15, 0.2) is 0 Å². The number of esters is 1. The van der Waals surface area contributed by atoms with Crippen molar-refractivity contribution in [2.45, 2.75) is 24.9 Å². The van der Waals surface area contributed by atoms with Gasteiger partial charge in [-0.25, -0.2) is 4.79 Å². The maximum absolute atomic E-state index is 12.8. The second kappa shape index (κ2) is 5.75. The van der Waals surface area contributed by atoms with Gasteiger partial charge in [0.1, 0.15) is 5.60 Å². The Morgan fingerprint density at radius 2 is 1.79 bits per heavy atom. The molecule has 4 rings (SSSR count). The summed E-state index contributed by atoms with van der Waals surface area (Å²) in [7, 11) is 4.18. The van der Waals surface area contributed by atoms with Crippen LogP contribution in [-0.2, 0) is 23.2 Å². The molecule has 3 nitrogen and oxygen atoms in total. The van der Waals surface area contributed by atoms with Crippen LogP contribution >= 0.6 is 0 Å². The van der Waals surface area contributed by atoms with Gasteiger partial charge in [-0.15, -0.1) is 0 Å². The van der Waals surface area contributed by atoms with Gasteiger partial charge >= 0.3 is 5.97 Å². The van der Waals surface area contributed by atoms with Gasteiger partial charge in [-0.3, -0.25) is 0 Å². The molecule has 1 aliphatic carbocycles. The van der Waals surface area contributed by atoms with Crippen molar-refractivity contribution in [2.75, 3.05) is 20.6 Å². The molecule has 0 fully saturated rings. The Kier molecular flexibility index (Phi) is 3.69. The number of fused-ring (bicyclic) bond motifs is 3. The monoisotopic (exact) mass is 321 g/mol. The number of ether oxygens (including phenoxy) is 1. The second-order valence-electron chi connectivity index (χ2n) is 7.27. The van der Waals surface area contributed by atoms with Crippen molar-refractivity contribution < 1.29 is 9.53 Å². The van der Waals surface area contributed by atoms with E-state index in [2.05, 4.69) is 49.3 Å². The van der Waals surface area contributed by atoms with Crippen LogP contribution in [0.25, 0.3) is 0 Å². The van der Waals surface area contributed by atoms with Crippen LogP contribution in [0.3, 0.4) is 0 Å². The van der Waals surface area contributed by atoms with Gasteiger partial charge in [-0.1, -0.05) is 42.5 Å². The van der Waals surface area contributed by atoms with Crippen LogP contribution in [0.1, 0.15) is 33.5 Å². The molecule has 24 heavy (non-hydrogen) atoms. The molecular formula is C21H23NO2. The van der Waals surface area contributed by atoms with Crippen molar-refractivity contribution in [3.63, 3.8) is 0 Å². The van der Waals surface area contributed by atoms with Crippen molar-refractivity contribution in [2.24, 2.45) is 5.92 Å². The SMILES string of the molecule is CN(C)CC1CCc2ccccc2C12Cc1ccccc1C(=O)O2. The first-order valence-electron chi connectivity index (χ1n) is 8.64. The highest BCUT2D eigenvalue weighted by Crippen LogP contribution is 2.48. The summed E-state index contributed by atoms with van der Waals surface area (Å²) in [5, 5.41) is 0. The summed E-state index contributed by atoms with van der Waals surface area (Å²) in [5.41, 5.74) is 3.81. The molecule has 3 heteroatoms. The first kappa shape index (κ1) is 15.4. The fourth-order valence-corrected chi connectivity index (χ4v) is 4.40. The van der Waals surface area contributed by atoms with E-state index < -0.39 is 5.60 Å². The minimum Gasteiger partial charge on any atom is -0.450 e. The summed E-state index contributed by atoms with van der Waals surface area (Å²) in [5.74, 6) is 0.122. The standard InChI is InChI=1S/C21H23NO2/c1-22(2)14-17-12-11-15-7-4-6-10-19(15)21(17)13-16-8-3-5-9-18(16)20(23)24-21/h3-10,17H,11-14H2,1-2H3. The van der Waals surface area contributed by atoms with Gasteiger partial charge < -0.3 is 9.64 Å². The molecule has 0 amide bonds. The van der Waals surface area contributed by atoms with Crippen LogP contribution in [0.5, 0.6) is 0 Å². The Hall–Kier alpha value is -2.13. The zero-order valence-electron chi connectivity index (χ0n) is 14.3. The van der Waals surface area contributed by atoms with Crippen LogP contribution in [0.15, 0.2) is 48.5 Å². The summed E-state index contributed by atoms with van der Waals surface area (Å²) in [6.07, 6.45) is 2.87. The van der Waals surface area contributed by atoms with Crippen molar-refractivity contribution in [1.29, 1.82) is 0 Å². The van der Waals surface area contributed by atoms with E-state index in [-0.39, 0.29) is 5.97 Å². The van der Waals surface area contributed by atoms with Crippen LogP contribution in [0.2, 0.25) is 0 Å². The van der Waals surface area contributed by atoms with E-state index in [0.29, 0.717) is 5.92 Å². The number of hydrogen-bond acceptors (Lipinski definition) is 3. The van der Waals surface area contributed by atoms with Gasteiger partial charge in [-0.05, 0) is 49.7 Å². The number of nitrogens with zero attached hydrogens (tertiary/aromatic N) is 1. The number of aryl methyl sites for hydroxylation is 1. The summed E-state index contributed by atoms with van der Waals surface area (Å²) in [6.45, 7) is 0.920. The van der Waals surface area contributed by atoms with Crippen LogP contribution in [0.4, 0.5) is 0 Å². The molecule has 124 valence electrons. The maximum atomic E-state index is 12.8. The van der Waals surface area contributed by atoms with Gasteiger partial charge in [0, 0.05) is 18.9 Å². The molecule has 2 aromatic rings. The lowest BCUT2D eigenvalue weighted by atomic mass is 9.67. The fraction of sp³-hybridized carbons (Fsp3) is 0.381. The zero-order valence-corrected chi connectivity index (χ0v) is 14.3. The largest absolute Gasteiger partial charge is 0.450 e. The van der Waals surface area contributed by atoms with Crippen molar-refractivity contribution in [3.8, 4) is 0 Å². The topological polar surface area (TPSA) is 29.5 Å². The Labute approximate surface area is 143 Å². The number of carbonyl (C=O) groups is 1. The highest BCUT2D eigenvalue weighted by molar-refractivity contribution is 5.92. The average molecular weight is 321 g/mol. The normalized spacial score (nSPS) is 25.3. The molecule has 0 aromatic heterocycles. The first-order valence-corrected chi connectivity index (χ1v) is 8.64. The lowest BCUT2D eigenvalue weighted by Gasteiger charge is -2.47. The van der Waals surface area contributed by atoms with Gasteiger partial charge in [0.25, 0.3) is 0 Å². The van der Waals surface area contributed by atoms with Crippen LogP contribution in [0, 0.1) is 5.92 Å². The summed E-state index contributed by atoms with van der Waals surface area (Å²) >= 11 is 0. The molecule has 2 atom stereocenters. The predicted molar refractivity (Wildman–Crippen MR) is 94.0 cm³/mol. The van der Waals surface area contributed by atoms with Crippen molar-refractivity contribution in [3.05, 3.63) is 70.8 Å². The molecule has 0 N–H and O–H groups in total. The number of carbonyl (C=O) groups excluding carboxylic acids is 1. The van der Waals surface area contributed by atoms with Crippen molar-refractivity contribution >= 4 is 5.97 Å². The molecule has 1 aliphatic heterocycles. The minimum absolute atomic E-state index is 0.183. The Morgan fingerprint density at radius 3 is 2.58 bits per heavy atom. The molecular weight excluding hydrogens is 298 g/mol. The van der Waals surface area contributed by atoms with E-state index in [1.54, 1.807) is 0 Å². The summed E-state index contributed by atoms with van der Waals surface area (Å²) in [6, 6.07) is 16.3. The number of rotatable bonds is 2. The third-order valence-electron chi connectivity index (χ3n) is 5.45. The smallest absolute Gasteiger partial charge is 0.339 e. The highest BCUT2D eigenvalue weighted by Gasteiger charge is 2.50. The van der Waals surface area contributed by atoms with E-state index in [0.717, 1.165) is 36.9 Å². The van der Waals surface area contributed by atoms with Gasteiger partial charge in [0.2, 0.25) is 0 Å². The molecule has 2 aliphatic rings. The third-order valence-corrected chi connectivity index (χ3v) is 5.45. The van der Waals surface area contributed by atoms with Crippen molar-refractivity contribution in [1.82, 2.24) is 4.90 Å². The van der Waals surface area contributed by atoms with E-state index in [1.807, 2.05) is 18.2 Å². The number of benzene rings is 2. The second-order valence-corrected chi connectivity index (χ2v) is 7.27. The lowest BCUT2D eigenvalue weighted by Crippen LogP contribution is -2.51. The molecule has 0 saturated carbocycles. The molecule has 0 bridgehead atoms. The van der Waals surface area contributed by atoms with E-state index in [9.17, 15) is 4.79 Å². The van der Waals surface area contributed by atoms with E-state index >= 15 is 0 Å². The molecule has 1 spiro atoms. The Balaban J connectivity index is 1.87. The average Bonchev–Trinajstić information content (AvgIpc) is 2.58. The molecule has 0 saturated heterocycles. The summed E-state index contributed by atoms with van der Waals surface area (Å²) in [4.78, 5) is 15.0. The van der Waals surface area contributed by atoms with E-state index in [4.69, 9.17) is 4.74 Å². The molecule has 0 radical (unpaired) electrons. The predicted octanol–water partition coefficient (Wildman–Crippen LogP) is 3.42. The molecule has 1 heterocycles. The third kappa shape index (κ3) is 2.35. The maximum Gasteiger partial charge on any atom is 0.339 e. The van der Waals surface area contributed by atoms with Crippen LogP contribution < -0.4 is 0 Å². The zero-order chi connectivity index (χ0) is 16.7. The lowest BCUT2D eigenvalue weighted by molar-refractivity contribution is -0.0749. The van der Waals surface area contributed by atoms with Gasteiger partial charge in [-0.2, -0.15) is 0 Å². The molecule has 2 aromatic carbocycles. The molecule has 2 unspecified atom stereocenters. The van der Waals surface area contributed by atoms with Gasteiger partial charge in [0.05, 0.1) is 5.56 Å². The van der Waals surface area contributed by atoms with Crippen LogP contribution in [-0.4, -0.2) is 31.5 Å². The fourth-order valence-electron chi connectivity index (χ4n) is 4.40. The quantitative estimate of drug-likeness (QED) is 0.794. The minimum atomic E-state index is -0.537.